The summed E-state index contributed by atoms with van der Waals surface area (Å²) in [6, 6.07) is 0.284. The van der Waals surface area contributed by atoms with Crippen molar-refractivity contribution in [3.63, 3.8) is 0 Å². The largest absolute Gasteiger partial charge is 0.453 e. The Balaban J connectivity index is 2.67. The number of rotatable bonds is 2. The minimum atomic E-state index is -0.298. The lowest BCUT2D eigenvalue weighted by Crippen LogP contribution is -2.47. The monoisotopic (exact) mass is 255 g/mol. The van der Waals surface area contributed by atoms with Crippen molar-refractivity contribution in [3.05, 3.63) is 0 Å². The zero-order chi connectivity index (χ0) is 14.0. The SMILES string of the molecule is COC(=O)NC1CCC(C(C)C)(C(C)(C)C)CC1. The van der Waals surface area contributed by atoms with Gasteiger partial charge in [-0.2, -0.15) is 0 Å². The Morgan fingerprint density at radius 1 is 1.28 bits per heavy atom. The van der Waals surface area contributed by atoms with Crippen LogP contribution in [0.15, 0.2) is 0 Å². The summed E-state index contributed by atoms with van der Waals surface area (Å²) in [5.41, 5.74) is 0.707. The van der Waals surface area contributed by atoms with E-state index in [0.29, 0.717) is 16.7 Å². The summed E-state index contributed by atoms with van der Waals surface area (Å²) < 4.78 is 4.67. The first-order chi connectivity index (χ1) is 8.23. The lowest BCUT2D eigenvalue weighted by Gasteiger charge is -2.52. The maximum Gasteiger partial charge on any atom is 0.407 e. The van der Waals surface area contributed by atoms with Crippen LogP contribution in [0.25, 0.3) is 0 Å². The normalized spacial score (nSPS) is 29.2. The fourth-order valence-electron chi connectivity index (χ4n) is 3.70. The van der Waals surface area contributed by atoms with E-state index in [0.717, 1.165) is 12.8 Å². The molecule has 0 aromatic carbocycles. The third-order valence-electron chi connectivity index (χ3n) is 4.98. The van der Waals surface area contributed by atoms with Gasteiger partial charge >= 0.3 is 6.09 Å². The van der Waals surface area contributed by atoms with E-state index in [1.807, 2.05) is 0 Å². The maximum absolute atomic E-state index is 11.2. The second-order valence-corrected chi connectivity index (χ2v) is 6.97. The van der Waals surface area contributed by atoms with E-state index < -0.39 is 0 Å². The van der Waals surface area contributed by atoms with E-state index in [1.165, 1.54) is 20.0 Å². The molecule has 18 heavy (non-hydrogen) atoms. The highest BCUT2D eigenvalue weighted by molar-refractivity contribution is 5.67. The van der Waals surface area contributed by atoms with E-state index >= 15 is 0 Å². The van der Waals surface area contributed by atoms with Gasteiger partial charge in [-0.05, 0) is 42.4 Å². The van der Waals surface area contributed by atoms with Crippen LogP contribution in [-0.4, -0.2) is 19.2 Å². The first-order valence-electron chi connectivity index (χ1n) is 7.07. The first kappa shape index (κ1) is 15.3. The van der Waals surface area contributed by atoms with Gasteiger partial charge < -0.3 is 10.1 Å². The zero-order valence-corrected chi connectivity index (χ0v) is 12.8. The Bertz CT molecular complexity index is 283. The highest BCUT2D eigenvalue weighted by atomic mass is 16.5. The van der Waals surface area contributed by atoms with Gasteiger partial charge in [0.05, 0.1) is 7.11 Å². The molecule has 1 aliphatic carbocycles. The summed E-state index contributed by atoms with van der Waals surface area (Å²) >= 11 is 0. The van der Waals surface area contributed by atoms with Crippen molar-refractivity contribution in [2.75, 3.05) is 7.11 Å². The molecule has 0 bridgehead atoms. The van der Waals surface area contributed by atoms with Crippen molar-refractivity contribution in [1.82, 2.24) is 5.32 Å². The van der Waals surface area contributed by atoms with Gasteiger partial charge in [-0.3, -0.25) is 0 Å². The molecule has 1 N–H and O–H groups in total. The predicted octanol–water partition coefficient (Wildman–Crippen LogP) is 3.97. The van der Waals surface area contributed by atoms with Crippen molar-refractivity contribution in [1.29, 1.82) is 0 Å². The Hall–Kier alpha value is -0.730. The van der Waals surface area contributed by atoms with Crippen LogP contribution in [0.3, 0.4) is 0 Å². The number of hydrogen-bond donors (Lipinski definition) is 1. The Labute approximate surface area is 112 Å². The van der Waals surface area contributed by atoms with E-state index in [-0.39, 0.29) is 12.1 Å². The average Bonchev–Trinajstić information content (AvgIpc) is 2.28. The van der Waals surface area contributed by atoms with Crippen molar-refractivity contribution in [2.45, 2.75) is 66.3 Å². The second kappa shape index (κ2) is 5.50. The quantitative estimate of drug-likeness (QED) is 0.810. The molecule has 3 heteroatoms. The predicted molar refractivity (Wildman–Crippen MR) is 74.5 cm³/mol. The molecule has 0 atom stereocenters. The number of carbonyl (C=O) groups is 1. The van der Waals surface area contributed by atoms with Gasteiger partial charge in [0.25, 0.3) is 0 Å². The molecule has 0 radical (unpaired) electrons. The summed E-state index contributed by atoms with van der Waals surface area (Å²) in [4.78, 5) is 11.2. The third kappa shape index (κ3) is 2.99. The Morgan fingerprint density at radius 2 is 1.78 bits per heavy atom. The number of alkyl carbamates (subject to hydrolysis) is 1. The van der Waals surface area contributed by atoms with Gasteiger partial charge in [0, 0.05) is 6.04 Å². The summed E-state index contributed by atoms with van der Waals surface area (Å²) in [5, 5.41) is 2.94. The van der Waals surface area contributed by atoms with Crippen LogP contribution in [0.5, 0.6) is 0 Å². The zero-order valence-electron chi connectivity index (χ0n) is 12.8. The molecule has 106 valence electrons. The molecule has 1 amide bonds. The van der Waals surface area contributed by atoms with Gasteiger partial charge in [0.2, 0.25) is 0 Å². The van der Waals surface area contributed by atoms with Gasteiger partial charge in [-0.15, -0.1) is 0 Å². The minimum Gasteiger partial charge on any atom is -0.453 e. The van der Waals surface area contributed by atoms with Crippen molar-refractivity contribution >= 4 is 6.09 Å². The molecule has 1 rings (SSSR count). The van der Waals surface area contributed by atoms with Gasteiger partial charge in [-0.25, -0.2) is 4.79 Å². The maximum atomic E-state index is 11.2. The lowest BCUT2D eigenvalue weighted by molar-refractivity contribution is -0.0160. The van der Waals surface area contributed by atoms with Crippen LogP contribution in [0, 0.1) is 16.7 Å². The van der Waals surface area contributed by atoms with Crippen LogP contribution in [-0.2, 0) is 4.74 Å². The summed E-state index contributed by atoms with van der Waals surface area (Å²) in [6.45, 7) is 11.7. The van der Waals surface area contributed by atoms with Gasteiger partial charge in [-0.1, -0.05) is 34.6 Å². The van der Waals surface area contributed by atoms with Crippen LogP contribution in [0.4, 0.5) is 4.79 Å². The molecule has 0 aliphatic heterocycles. The van der Waals surface area contributed by atoms with E-state index in [2.05, 4.69) is 44.7 Å². The number of hydrogen-bond acceptors (Lipinski definition) is 2. The smallest absolute Gasteiger partial charge is 0.407 e. The van der Waals surface area contributed by atoms with Crippen LogP contribution in [0.1, 0.15) is 60.3 Å². The summed E-state index contributed by atoms with van der Waals surface area (Å²) in [6.07, 6.45) is 4.19. The second-order valence-electron chi connectivity index (χ2n) is 6.97. The Kier molecular flexibility index (Phi) is 4.68. The third-order valence-corrected chi connectivity index (χ3v) is 4.98. The highest BCUT2D eigenvalue weighted by Gasteiger charge is 2.46. The average molecular weight is 255 g/mol. The number of methoxy groups -OCH3 is 1. The molecule has 0 aromatic heterocycles. The number of carbonyl (C=O) groups excluding carboxylic acids is 1. The van der Waals surface area contributed by atoms with E-state index in [4.69, 9.17) is 0 Å². The van der Waals surface area contributed by atoms with Crippen LogP contribution in [0.2, 0.25) is 0 Å². The highest BCUT2D eigenvalue weighted by Crippen LogP contribution is 2.54. The summed E-state index contributed by atoms with van der Waals surface area (Å²) in [7, 11) is 1.42. The molecule has 1 saturated carbocycles. The molecule has 0 spiro atoms. The van der Waals surface area contributed by atoms with Crippen LogP contribution >= 0.6 is 0 Å². The van der Waals surface area contributed by atoms with Crippen molar-refractivity contribution in [2.24, 2.45) is 16.7 Å². The topological polar surface area (TPSA) is 38.3 Å². The Morgan fingerprint density at radius 3 is 2.11 bits per heavy atom. The summed E-state index contributed by atoms with van der Waals surface area (Å²) in [5.74, 6) is 0.677. The molecule has 1 fully saturated rings. The molecular formula is C15H29NO2. The molecule has 1 aliphatic rings. The van der Waals surface area contributed by atoms with E-state index in [9.17, 15) is 4.79 Å². The van der Waals surface area contributed by atoms with Crippen molar-refractivity contribution < 1.29 is 9.53 Å². The molecule has 0 saturated heterocycles. The van der Waals surface area contributed by atoms with E-state index in [1.54, 1.807) is 0 Å². The lowest BCUT2D eigenvalue weighted by atomic mass is 9.54. The number of amides is 1. The van der Waals surface area contributed by atoms with Crippen molar-refractivity contribution in [3.8, 4) is 0 Å². The number of nitrogens with one attached hydrogen (secondary N) is 1. The molecule has 3 nitrogen and oxygen atoms in total. The molecule has 0 unspecified atom stereocenters. The van der Waals surface area contributed by atoms with Crippen LogP contribution < -0.4 is 5.32 Å². The van der Waals surface area contributed by atoms with Gasteiger partial charge in [0.1, 0.15) is 0 Å². The fraction of sp³-hybridized carbons (Fsp3) is 0.933. The standard InChI is InChI=1S/C15H29NO2/c1-11(2)15(14(3,4)5)9-7-12(8-10-15)16-13(17)18-6/h11-12H,7-10H2,1-6H3,(H,16,17). The fourth-order valence-corrected chi connectivity index (χ4v) is 3.70. The minimum absolute atomic E-state index is 0.284. The molecular weight excluding hydrogens is 226 g/mol. The molecule has 0 aromatic rings. The molecule has 0 heterocycles. The first-order valence-corrected chi connectivity index (χ1v) is 7.07. The van der Waals surface area contributed by atoms with Gasteiger partial charge in [0.15, 0.2) is 0 Å². The number of ether oxygens (including phenoxy) is 1.